The molecule has 0 aromatic carbocycles. The first kappa shape index (κ1) is 11.4. The van der Waals surface area contributed by atoms with Crippen molar-refractivity contribution in [3.05, 3.63) is 15.6 Å². The van der Waals surface area contributed by atoms with Gasteiger partial charge >= 0.3 is 0 Å². The van der Waals surface area contributed by atoms with Crippen molar-refractivity contribution in [3.8, 4) is 0 Å². The molecule has 2 heterocycles. The fraction of sp³-hybridized carbons (Fsp3) is 0.727. The minimum absolute atomic E-state index is 0.371. The number of thiazole rings is 1. The van der Waals surface area contributed by atoms with Crippen molar-refractivity contribution in [1.29, 1.82) is 0 Å². The van der Waals surface area contributed by atoms with Crippen molar-refractivity contribution >= 4 is 23.1 Å². The van der Waals surface area contributed by atoms with Gasteiger partial charge in [0.15, 0.2) is 0 Å². The van der Waals surface area contributed by atoms with Crippen LogP contribution in [0.15, 0.2) is 0 Å². The van der Waals surface area contributed by atoms with Crippen molar-refractivity contribution in [2.24, 2.45) is 0 Å². The minimum atomic E-state index is -0.371. The normalized spacial score (nSPS) is 24.1. The molecule has 1 aliphatic rings. The fourth-order valence-electron chi connectivity index (χ4n) is 1.89. The SMILES string of the molecule is Cc1nc(C2CCCCS2)sc1C(C)O. The minimum Gasteiger partial charge on any atom is -0.388 e. The molecule has 0 saturated carbocycles. The smallest absolute Gasteiger partial charge is 0.106 e. The predicted molar refractivity (Wildman–Crippen MR) is 66.5 cm³/mol. The molecule has 1 saturated heterocycles. The maximum absolute atomic E-state index is 9.58. The van der Waals surface area contributed by atoms with Crippen LogP contribution in [0.1, 0.15) is 53.1 Å². The number of thioether (sulfide) groups is 1. The average Bonchev–Trinajstić information content (AvgIpc) is 2.62. The summed E-state index contributed by atoms with van der Waals surface area (Å²) in [6.45, 7) is 3.81. The Morgan fingerprint density at radius 2 is 2.27 bits per heavy atom. The first-order valence-electron chi connectivity index (χ1n) is 5.45. The van der Waals surface area contributed by atoms with Gasteiger partial charge in [-0.25, -0.2) is 4.98 Å². The van der Waals surface area contributed by atoms with E-state index < -0.39 is 0 Å². The van der Waals surface area contributed by atoms with Crippen LogP contribution < -0.4 is 0 Å². The Hall–Kier alpha value is -0.0600. The van der Waals surface area contributed by atoms with Crippen molar-refractivity contribution in [2.75, 3.05) is 5.75 Å². The Kier molecular flexibility index (Phi) is 3.69. The molecule has 0 amide bonds. The standard InChI is InChI=1S/C11H17NOS2/c1-7-10(8(2)13)15-11(12-7)9-5-3-4-6-14-9/h8-9,13H,3-6H2,1-2H3. The summed E-state index contributed by atoms with van der Waals surface area (Å²) in [5.41, 5.74) is 1.01. The lowest BCUT2D eigenvalue weighted by Gasteiger charge is -2.18. The molecule has 1 N–H and O–H groups in total. The van der Waals surface area contributed by atoms with Gasteiger partial charge in [0.25, 0.3) is 0 Å². The Labute approximate surface area is 99.1 Å². The van der Waals surface area contributed by atoms with Gasteiger partial charge in [-0.15, -0.1) is 11.3 Å². The van der Waals surface area contributed by atoms with Gasteiger partial charge in [-0.05, 0) is 32.4 Å². The van der Waals surface area contributed by atoms with Crippen LogP contribution in [0.2, 0.25) is 0 Å². The first-order chi connectivity index (χ1) is 7.18. The second-order valence-electron chi connectivity index (χ2n) is 4.03. The Bertz CT molecular complexity index is 329. The van der Waals surface area contributed by atoms with Crippen molar-refractivity contribution in [1.82, 2.24) is 4.98 Å². The van der Waals surface area contributed by atoms with Crippen molar-refractivity contribution < 1.29 is 5.11 Å². The second-order valence-corrected chi connectivity index (χ2v) is 6.41. The van der Waals surface area contributed by atoms with E-state index in [1.165, 1.54) is 30.0 Å². The van der Waals surface area contributed by atoms with E-state index in [2.05, 4.69) is 4.98 Å². The van der Waals surface area contributed by atoms with E-state index in [1.807, 2.05) is 25.6 Å². The summed E-state index contributed by atoms with van der Waals surface area (Å²) in [6.07, 6.45) is 3.54. The molecular formula is C11H17NOS2. The van der Waals surface area contributed by atoms with Crippen LogP contribution in [0.4, 0.5) is 0 Å². The number of aliphatic hydroxyl groups excluding tert-OH is 1. The van der Waals surface area contributed by atoms with Gasteiger partial charge in [-0.3, -0.25) is 0 Å². The van der Waals surface area contributed by atoms with Crippen LogP contribution in [0.25, 0.3) is 0 Å². The number of aryl methyl sites for hydroxylation is 1. The molecule has 1 aliphatic heterocycles. The number of aromatic nitrogens is 1. The van der Waals surface area contributed by atoms with E-state index in [0.29, 0.717) is 5.25 Å². The average molecular weight is 243 g/mol. The summed E-state index contributed by atoms with van der Waals surface area (Å²) in [6, 6.07) is 0. The summed E-state index contributed by atoms with van der Waals surface area (Å²) < 4.78 is 0. The lowest BCUT2D eigenvalue weighted by atomic mass is 10.2. The number of hydrogen-bond acceptors (Lipinski definition) is 4. The maximum atomic E-state index is 9.58. The molecule has 2 nitrogen and oxygen atoms in total. The molecular weight excluding hydrogens is 226 g/mol. The Morgan fingerprint density at radius 1 is 1.47 bits per heavy atom. The van der Waals surface area contributed by atoms with Crippen LogP contribution in [0, 0.1) is 6.92 Å². The van der Waals surface area contributed by atoms with Crippen LogP contribution in [0.5, 0.6) is 0 Å². The first-order valence-corrected chi connectivity index (χ1v) is 7.32. The highest BCUT2D eigenvalue weighted by molar-refractivity contribution is 7.99. The van der Waals surface area contributed by atoms with Gasteiger partial charge in [0, 0.05) is 0 Å². The third kappa shape index (κ3) is 2.55. The van der Waals surface area contributed by atoms with Crippen molar-refractivity contribution in [2.45, 2.75) is 44.5 Å². The zero-order valence-corrected chi connectivity index (χ0v) is 10.8. The second kappa shape index (κ2) is 4.85. The number of rotatable bonds is 2. The summed E-state index contributed by atoms with van der Waals surface area (Å²) in [5, 5.41) is 11.4. The monoisotopic (exact) mass is 243 g/mol. The van der Waals surface area contributed by atoms with E-state index in [1.54, 1.807) is 11.3 Å². The van der Waals surface area contributed by atoms with Gasteiger partial charge in [-0.1, -0.05) is 6.42 Å². The van der Waals surface area contributed by atoms with Crippen LogP contribution in [-0.2, 0) is 0 Å². The molecule has 2 atom stereocenters. The molecule has 2 rings (SSSR count). The highest BCUT2D eigenvalue weighted by Gasteiger charge is 2.21. The maximum Gasteiger partial charge on any atom is 0.106 e. The molecule has 2 unspecified atom stereocenters. The number of hydrogen-bond donors (Lipinski definition) is 1. The quantitative estimate of drug-likeness (QED) is 0.863. The van der Waals surface area contributed by atoms with E-state index in [0.717, 1.165) is 10.6 Å². The van der Waals surface area contributed by atoms with Gasteiger partial charge in [0.05, 0.1) is 21.9 Å². The van der Waals surface area contributed by atoms with Gasteiger partial charge < -0.3 is 5.11 Å². The molecule has 0 spiro atoms. The Morgan fingerprint density at radius 3 is 2.80 bits per heavy atom. The van der Waals surface area contributed by atoms with E-state index in [4.69, 9.17) is 0 Å². The fourth-order valence-corrected chi connectivity index (χ4v) is 4.44. The molecule has 0 aliphatic carbocycles. The van der Waals surface area contributed by atoms with Crippen LogP contribution >= 0.6 is 23.1 Å². The summed E-state index contributed by atoms with van der Waals surface area (Å²) in [4.78, 5) is 5.63. The van der Waals surface area contributed by atoms with Crippen LogP contribution in [-0.4, -0.2) is 15.8 Å². The van der Waals surface area contributed by atoms with E-state index in [9.17, 15) is 5.11 Å². The van der Waals surface area contributed by atoms with E-state index >= 15 is 0 Å². The molecule has 1 fully saturated rings. The molecule has 0 radical (unpaired) electrons. The molecule has 15 heavy (non-hydrogen) atoms. The predicted octanol–water partition coefficient (Wildman–Crippen LogP) is 3.46. The highest BCUT2D eigenvalue weighted by Crippen LogP contribution is 2.41. The summed E-state index contributed by atoms with van der Waals surface area (Å²) >= 11 is 3.71. The zero-order chi connectivity index (χ0) is 10.8. The molecule has 4 heteroatoms. The lowest BCUT2D eigenvalue weighted by molar-refractivity contribution is 0.202. The summed E-state index contributed by atoms with van der Waals surface area (Å²) in [5.74, 6) is 1.26. The van der Waals surface area contributed by atoms with Gasteiger partial charge in [-0.2, -0.15) is 11.8 Å². The molecule has 1 aromatic rings. The van der Waals surface area contributed by atoms with E-state index in [-0.39, 0.29) is 6.10 Å². The van der Waals surface area contributed by atoms with Crippen LogP contribution in [0.3, 0.4) is 0 Å². The summed E-state index contributed by atoms with van der Waals surface area (Å²) in [7, 11) is 0. The van der Waals surface area contributed by atoms with Gasteiger partial charge in [0.1, 0.15) is 5.01 Å². The number of nitrogens with zero attached hydrogens (tertiary/aromatic N) is 1. The third-order valence-electron chi connectivity index (χ3n) is 2.68. The topological polar surface area (TPSA) is 33.1 Å². The zero-order valence-electron chi connectivity index (χ0n) is 9.19. The molecule has 0 bridgehead atoms. The molecule has 1 aromatic heterocycles. The molecule has 84 valence electrons. The largest absolute Gasteiger partial charge is 0.388 e. The van der Waals surface area contributed by atoms with Gasteiger partial charge in [0.2, 0.25) is 0 Å². The number of aliphatic hydroxyl groups is 1. The Balaban J connectivity index is 2.17. The lowest BCUT2D eigenvalue weighted by Crippen LogP contribution is -2.01. The van der Waals surface area contributed by atoms with Crippen molar-refractivity contribution in [3.63, 3.8) is 0 Å². The third-order valence-corrected chi connectivity index (χ3v) is 5.66. The highest BCUT2D eigenvalue weighted by atomic mass is 32.2.